The van der Waals surface area contributed by atoms with Crippen molar-refractivity contribution in [1.29, 1.82) is 0 Å². The van der Waals surface area contributed by atoms with Crippen LogP contribution in [0, 0.1) is 5.92 Å². The van der Waals surface area contributed by atoms with Gasteiger partial charge in [0.1, 0.15) is 6.10 Å². The van der Waals surface area contributed by atoms with Gasteiger partial charge in [-0.2, -0.15) is 0 Å². The topological polar surface area (TPSA) is 60.4 Å². The molecule has 0 radical (unpaired) electrons. The Labute approximate surface area is 182 Å². The molecule has 1 heterocycles. The van der Waals surface area contributed by atoms with Crippen LogP contribution in [0.1, 0.15) is 74.6 Å². The molecule has 0 spiro atoms. The van der Waals surface area contributed by atoms with Gasteiger partial charge in [-0.15, -0.1) is 11.3 Å². The average Bonchev–Trinajstić information content (AvgIpc) is 3.49. The van der Waals surface area contributed by atoms with Crippen LogP contribution in [-0.2, 0) is 14.3 Å². The van der Waals surface area contributed by atoms with Gasteiger partial charge in [0.25, 0.3) is 6.47 Å². The Kier molecular flexibility index (Phi) is 8.81. The molecule has 0 atom stereocenters. The second-order valence-corrected chi connectivity index (χ2v) is 9.10. The number of thiophene rings is 1. The number of ketones is 2. The summed E-state index contributed by atoms with van der Waals surface area (Å²) in [4.78, 5) is 35.3. The zero-order valence-corrected chi connectivity index (χ0v) is 18.2. The van der Waals surface area contributed by atoms with Crippen molar-refractivity contribution in [2.75, 3.05) is 0 Å². The van der Waals surface area contributed by atoms with E-state index in [9.17, 15) is 14.4 Å². The van der Waals surface area contributed by atoms with E-state index in [1.165, 1.54) is 37.0 Å². The smallest absolute Gasteiger partial charge is 0.293 e. The van der Waals surface area contributed by atoms with Gasteiger partial charge in [-0.05, 0) is 48.6 Å². The van der Waals surface area contributed by atoms with Crippen LogP contribution < -0.4 is 0 Å². The van der Waals surface area contributed by atoms with E-state index in [0.29, 0.717) is 24.4 Å². The Bertz CT molecular complexity index is 798. The monoisotopic (exact) mass is 426 g/mol. The van der Waals surface area contributed by atoms with Gasteiger partial charge >= 0.3 is 0 Å². The van der Waals surface area contributed by atoms with Crippen molar-refractivity contribution in [2.45, 2.75) is 70.3 Å². The first-order valence-corrected chi connectivity index (χ1v) is 11.9. The minimum atomic E-state index is -0.334. The highest BCUT2D eigenvalue weighted by molar-refractivity contribution is 7.13. The Morgan fingerprint density at radius 2 is 1.60 bits per heavy atom. The minimum absolute atomic E-state index is 0.231. The van der Waals surface area contributed by atoms with E-state index in [-0.39, 0.29) is 17.7 Å². The molecule has 0 aliphatic heterocycles. The summed E-state index contributed by atoms with van der Waals surface area (Å²) in [5, 5.41) is 2.03. The van der Waals surface area contributed by atoms with Crippen molar-refractivity contribution < 1.29 is 19.1 Å². The molecular weight excluding hydrogens is 396 g/mol. The predicted octanol–water partition coefficient (Wildman–Crippen LogP) is 6.24. The van der Waals surface area contributed by atoms with Crippen LogP contribution >= 0.6 is 11.3 Å². The Hall–Kier alpha value is -2.27. The van der Waals surface area contributed by atoms with E-state index in [1.54, 1.807) is 23.5 Å². The molecule has 4 rings (SSSR count). The fourth-order valence-electron chi connectivity index (χ4n) is 4.24. The molecule has 2 aromatic rings. The van der Waals surface area contributed by atoms with Gasteiger partial charge in [0.05, 0.1) is 0 Å². The van der Waals surface area contributed by atoms with Gasteiger partial charge in [-0.3, -0.25) is 14.4 Å². The number of Topliss-reactive ketones (excluding diaryl/α,β-unsaturated/α-hetero) is 2. The molecule has 2 fully saturated rings. The second kappa shape index (κ2) is 11.8. The molecule has 2 aliphatic rings. The van der Waals surface area contributed by atoms with Gasteiger partial charge in [0, 0.05) is 16.9 Å². The van der Waals surface area contributed by atoms with Gasteiger partial charge in [0.15, 0.2) is 0 Å². The highest BCUT2D eigenvalue weighted by Crippen LogP contribution is 2.28. The molecule has 30 heavy (non-hydrogen) atoms. The third kappa shape index (κ3) is 6.63. The van der Waals surface area contributed by atoms with E-state index >= 15 is 0 Å². The third-order valence-electron chi connectivity index (χ3n) is 5.96. The number of benzene rings is 1. The summed E-state index contributed by atoms with van der Waals surface area (Å²) in [7, 11) is 0. The first-order valence-electron chi connectivity index (χ1n) is 11.0. The first-order chi connectivity index (χ1) is 14.7. The van der Waals surface area contributed by atoms with Crippen LogP contribution in [0.25, 0.3) is 10.4 Å². The minimum Gasteiger partial charge on any atom is -0.465 e. The van der Waals surface area contributed by atoms with Gasteiger partial charge < -0.3 is 4.74 Å². The van der Waals surface area contributed by atoms with Crippen molar-refractivity contribution in [3.63, 3.8) is 0 Å². The fraction of sp³-hybridized carbons (Fsp3) is 0.480. The fourth-order valence-corrected chi connectivity index (χ4v) is 4.97. The molecule has 4 nitrogen and oxygen atoms in total. The van der Waals surface area contributed by atoms with Crippen LogP contribution in [0.3, 0.4) is 0 Å². The molecular formula is C25H30O4S. The summed E-state index contributed by atoms with van der Waals surface area (Å²) in [5.74, 6) is -0.141. The Morgan fingerprint density at radius 1 is 0.933 bits per heavy atom. The average molecular weight is 427 g/mol. The molecule has 1 aromatic heterocycles. The van der Waals surface area contributed by atoms with Crippen molar-refractivity contribution in [3.05, 3.63) is 47.3 Å². The van der Waals surface area contributed by atoms with Crippen LogP contribution in [0.15, 0.2) is 41.8 Å². The summed E-state index contributed by atoms with van der Waals surface area (Å²) in [6.45, 7) is 0.565. The number of hydrogen-bond acceptors (Lipinski definition) is 5. The normalized spacial score (nSPS) is 17.1. The summed E-state index contributed by atoms with van der Waals surface area (Å²) >= 11 is 1.67. The van der Waals surface area contributed by atoms with Crippen molar-refractivity contribution in [3.8, 4) is 10.4 Å². The van der Waals surface area contributed by atoms with E-state index in [4.69, 9.17) is 4.74 Å². The first kappa shape index (κ1) is 22.4. The summed E-state index contributed by atoms with van der Waals surface area (Å²) < 4.78 is 4.80. The van der Waals surface area contributed by atoms with E-state index in [2.05, 4.69) is 0 Å². The molecule has 0 bridgehead atoms. The Balaban J connectivity index is 0.000000239. The third-order valence-corrected chi connectivity index (χ3v) is 6.87. The lowest BCUT2D eigenvalue weighted by Gasteiger charge is -2.18. The molecule has 2 aliphatic carbocycles. The lowest BCUT2D eigenvalue weighted by Crippen LogP contribution is -2.17. The molecule has 1 aromatic carbocycles. The summed E-state index contributed by atoms with van der Waals surface area (Å²) in [6.07, 6.45) is 11.1. The molecule has 0 N–H and O–H groups in total. The standard InChI is InChI=1S/C18H18O2S.C7H12O2/c19-16(12-13-4-1-2-5-13)18(20)15-9-7-14(8-10-15)17-6-3-11-21-17;8-6-9-7-4-2-1-3-5-7/h3,6-11,13H,1-2,4-5,12H2;6-7H,1-5H2. The number of hydrogen-bond donors (Lipinski definition) is 0. The highest BCUT2D eigenvalue weighted by Gasteiger charge is 2.23. The van der Waals surface area contributed by atoms with Gasteiger partial charge in [-0.1, -0.05) is 62.4 Å². The predicted molar refractivity (Wildman–Crippen MR) is 120 cm³/mol. The quantitative estimate of drug-likeness (QED) is 0.299. The molecule has 160 valence electrons. The largest absolute Gasteiger partial charge is 0.465 e. The van der Waals surface area contributed by atoms with E-state index < -0.39 is 0 Å². The zero-order valence-electron chi connectivity index (χ0n) is 17.4. The SMILES string of the molecule is O=C(CC1CCCC1)C(=O)c1ccc(-c2cccs2)cc1.O=COC1CCCCC1. The van der Waals surface area contributed by atoms with Crippen LogP contribution in [0.5, 0.6) is 0 Å². The zero-order chi connectivity index (χ0) is 21.2. The maximum Gasteiger partial charge on any atom is 0.293 e. The molecule has 0 amide bonds. The van der Waals surface area contributed by atoms with Gasteiger partial charge in [-0.25, -0.2) is 0 Å². The summed E-state index contributed by atoms with van der Waals surface area (Å²) in [6, 6.07) is 11.4. The number of carbonyl (C=O) groups is 3. The maximum absolute atomic E-state index is 12.2. The highest BCUT2D eigenvalue weighted by atomic mass is 32.1. The van der Waals surface area contributed by atoms with Crippen molar-refractivity contribution in [2.24, 2.45) is 5.92 Å². The van der Waals surface area contributed by atoms with E-state index in [0.717, 1.165) is 31.2 Å². The lowest BCUT2D eigenvalue weighted by atomic mass is 9.96. The maximum atomic E-state index is 12.2. The molecule has 5 heteroatoms. The molecule has 0 saturated heterocycles. The molecule has 2 saturated carbocycles. The molecule has 0 unspecified atom stereocenters. The van der Waals surface area contributed by atoms with Crippen molar-refractivity contribution in [1.82, 2.24) is 0 Å². The van der Waals surface area contributed by atoms with E-state index in [1.807, 2.05) is 29.6 Å². The number of rotatable bonds is 7. The second-order valence-electron chi connectivity index (χ2n) is 8.15. The Morgan fingerprint density at radius 3 is 2.20 bits per heavy atom. The summed E-state index contributed by atoms with van der Waals surface area (Å²) in [5.41, 5.74) is 1.60. The van der Waals surface area contributed by atoms with Gasteiger partial charge in [0.2, 0.25) is 11.6 Å². The van der Waals surface area contributed by atoms with Crippen LogP contribution in [0.2, 0.25) is 0 Å². The number of carbonyl (C=O) groups excluding carboxylic acids is 3. The van der Waals surface area contributed by atoms with Crippen LogP contribution in [0.4, 0.5) is 0 Å². The number of ether oxygens (including phenoxy) is 1. The lowest BCUT2D eigenvalue weighted by molar-refractivity contribution is -0.134. The van der Waals surface area contributed by atoms with Crippen molar-refractivity contribution >= 4 is 29.4 Å². The van der Waals surface area contributed by atoms with Crippen LogP contribution in [-0.4, -0.2) is 24.1 Å².